The van der Waals surface area contributed by atoms with E-state index < -0.39 is 0 Å². The topological polar surface area (TPSA) is 60.6 Å². The third-order valence-corrected chi connectivity index (χ3v) is 6.39. The Morgan fingerprint density at radius 2 is 1.97 bits per heavy atom. The van der Waals surface area contributed by atoms with Gasteiger partial charge in [-0.15, -0.1) is 0 Å². The summed E-state index contributed by atoms with van der Waals surface area (Å²) >= 11 is 0. The van der Waals surface area contributed by atoms with E-state index in [1.54, 1.807) is 7.11 Å². The van der Waals surface area contributed by atoms with E-state index in [9.17, 15) is 4.79 Å². The first-order valence-electron chi connectivity index (χ1n) is 11.0. The summed E-state index contributed by atoms with van der Waals surface area (Å²) in [6.45, 7) is 2.12. The number of likely N-dealkylation sites (tertiary alicyclic amines) is 1. The minimum absolute atomic E-state index is 0.0205. The molecule has 1 unspecified atom stereocenters. The Kier molecular flexibility index (Phi) is 6.47. The number of H-pyrrole nitrogens is 1. The number of hydrogen-bond acceptors (Lipinski definition) is 3. The van der Waals surface area contributed by atoms with Crippen LogP contribution in [0.5, 0.6) is 5.75 Å². The predicted molar refractivity (Wildman–Crippen MR) is 125 cm³/mol. The van der Waals surface area contributed by atoms with Crippen molar-refractivity contribution >= 4 is 16.9 Å². The number of urea groups is 1. The van der Waals surface area contributed by atoms with Gasteiger partial charge in [-0.1, -0.05) is 30.3 Å². The van der Waals surface area contributed by atoms with Gasteiger partial charge in [0.15, 0.2) is 0 Å². The highest BCUT2D eigenvalue weighted by Gasteiger charge is 2.26. The van der Waals surface area contributed by atoms with Crippen LogP contribution in [0.1, 0.15) is 35.9 Å². The fourth-order valence-electron chi connectivity index (χ4n) is 4.57. The number of rotatable bonds is 6. The SMILES string of the molecule is COc1cccc(C(CNC(=O)N2CCC(c3c[nH]c4ccccc34)CC2)N(C)C)c1. The molecule has 0 spiro atoms. The molecule has 1 fully saturated rings. The van der Waals surface area contributed by atoms with Gasteiger partial charge in [-0.3, -0.25) is 0 Å². The lowest BCUT2D eigenvalue weighted by Crippen LogP contribution is -2.46. The van der Waals surface area contributed by atoms with Gasteiger partial charge in [0.25, 0.3) is 0 Å². The lowest BCUT2D eigenvalue weighted by molar-refractivity contribution is 0.177. The van der Waals surface area contributed by atoms with E-state index in [1.807, 2.05) is 37.2 Å². The average molecular weight is 421 g/mol. The van der Waals surface area contributed by atoms with Crippen molar-refractivity contribution in [3.05, 3.63) is 65.9 Å². The maximum atomic E-state index is 12.9. The fourth-order valence-corrected chi connectivity index (χ4v) is 4.57. The summed E-state index contributed by atoms with van der Waals surface area (Å²) in [6.07, 6.45) is 4.12. The van der Waals surface area contributed by atoms with E-state index in [-0.39, 0.29) is 12.1 Å². The lowest BCUT2D eigenvalue weighted by Gasteiger charge is -2.33. The zero-order valence-corrected chi connectivity index (χ0v) is 18.6. The standard InChI is InChI=1S/C25H32N4O2/c1-28(2)24(19-7-6-8-20(15-19)31-3)17-27-25(30)29-13-11-18(12-14-29)22-16-26-23-10-5-4-9-21(22)23/h4-10,15-16,18,24,26H,11-14,17H2,1-3H3,(H,27,30). The van der Waals surface area contributed by atoms with Crippen LogP contribution >= 0.6 is 0 Å². The Labute approximate surface area is 184 Å². The number of fused-ring (bicyclic) bond motifs is 1. The third-order valence-electron chi connectivity index (χ3n) is 6.39. The number of piperidine rings is 1. The van der Waals surface area contributed by atoms with E-state index in [0.29, 0.717) is 12.5 Å². The average Bonchev–Trinajstić information content (AvgIpc) is 3.23. The molecule has 164 valence electrons. The van der Waals surface area contributed by atoms with Crippen LogP contribution in [-0.4, -0.2) is 61.7 Å². The number of likely N-dealkylation sites (N-methyl/N-ethyl adjacent to an activating group) is 1. The first-order valence-corrected chi connectivity index (χ1v) is 11.0. The quantitative estimate of drug-likeness (QED) is 0.623. The minimum Gasteiger partial charge on any atom is -0.497 e. The maximum absolute atomic E-state index is 12.9. The molecule has 2 N–H and O–H groups in total. The number of carbonyl (C=O) groups excluding carboxylic acids is 1. The molecule has 6 nitrogen and oxygen atoms in total. The van der Waals surface area contributed by atoms with Gasteiger partial charge in [0.05, 0.1) is 13.2 Å². The summed E-state index contributed by atoms with van der Waals surface area (Å²) in [7, 11) is 5.73. The van der Waals surface area contributed by atoms with E-state index >= 15 is 0 Å². The van der Waals surface area contributed by atoms with Crippen LogP contribution < -0.4 is 10.1 Å². The molecule has 4 rings (SSSR count). The van der Waals surface area contributed by atoms with Crippen molar-refractivity contribution in [2.24, 2.45) is 0 Å². The number of aromatic nitrogens is 1. The highest BCUT2D eigenvalue weighted by molar-refractivity contribution is 5.83. The second-order valence-electron chi connectivity index (χ2n) is 8.49. The number of ether oxygens (including phenoxy) is 1. The maximum Gasteiger partial charge on any atom is 0.317 e. The zero-order chi connectivity index (χ0) is 21.8. The Morgan fingerprint density at radius 1 is 1.19 bits per heavy atom. The van der Waals surface area contributed by atoms with Crippen molar-refractivity contribution in [1.82, 2.24) is 20.1 Å². The summed E-state index contributed by atoms with van der Waals surface area (Å²) in [4.78, 5) is 20.3. The number of amides is 2. The molecular weight excluding hydrogens is 388 g/mol. The van der Waals surface area contributed by atoms with Crippen LogP contribution in [0.4, 0.5) is 4.79 Å². The number of methoxy groups -OCH3 is 1. The molecule has 1 aliphatic rings. The summed E-state index contributed by atoms with van der Waals surface area (Å²) in [6, 6.07) is 16.6. The molecule has 0 aliphatic carbocycles. The van der Waals surface area contributed by atoms with E-state index in [4.69, 9.17) is 4.74 Å². The molecule has 0 radical (unpaired) electrons. The molecule has 6 heteroatoms. The molecule has 1 aliphatic heterocycles. The van der Waals surface area contributed by atoms with Gasteiger partial charge in [0.1, 0.15) is 5.75 Å². The van der Waals surface area contributed by atoms with Gasteiger partial charge in [0.2, 0.25) is 0 Å². The monoisotopic (exact) mass is 420 g/mol. The molecule has 1 atom stereocenters. The minimum atomic E-state index is 0.0205. The van der Waals surface area contributed by atoms with Crippen molar-refractivity contribution in [3.63, 3.8) is 0 Å². The number of carbonyl (C=O) groups is 1. The van der Waals surface area contributed by atoms with Crippen LogP contribution in [0.25, 0.3) is 10.9 Å². The van der Waals surface area contributed by atoms with Gasteiger partial charge in [-0.05, 0) is 62.2 Å². The smallest absolute Gasteiger partial charge is 0.317 e. The second-order valence-corrected chi connectivity index (χ2v) is 8.49. The molecule has 1 saturated heterocycles. The van der Waals surface area contributed by atoms with Gasteiger partial charge >= 0.3 is 6.03 Å². The van der Waals surface area contributed by atoms with Crippen LogP contribution in [0, 0.1) is 0 Å². The predicted octanol–water partition coefficient (Wildman–Crippen LogP) is 4.37. The van der Waals surface area contributed by atoms with E-state index in [1.165, 1.54) is 16.5 Å². The summed E-state index contributed by atoms with van der Waals surface area (Å²) < 4.78 is 5.36. The van der Waals surface area contributed by atoms with Gasteiger partial charge < -0.3 is 24.8 Å². The normalized spacial score (nSPS) is 15.9. The first-order chi connectivity index (χ1) is 15.1. The molecule has 0 bridgehead atoms. The number of nitrogens with zero attached hydrogens (tertiary/aromatic N) is 2. The van der Waals surface area contributed by atoms with Crippen molar-refractivity contribution in [3.8, 4) is 5.75 Å². The molecule has 1 aromatic heterocycles. The van der Waals surface area contributed by atoms with Crippen molar-refractivity contribution in [1.29, 1.82) is 0 Å². The van der Waals surface area contributed by atoms with Crippen molar-refractivity contribution in [2.75, 3.05) is 40.8 Å². The molecule has 31 heavy (non-hydrogen) atoms. The number of aromatic amines is 1. The Morgan fingerprint density at radius 3 is 2.71 bits per heavy atom. The van der Waals surface area contributed by atoms with Crippen LogP contribution in [0.3, 0.4) is 0 Å². The summed E-state index contributed by atoms with van der Waals surface area (Å²) in [5, 5.41) is 4.45. The second kappa shape index (κ2) is 9.43. The number of para-hydroxylation sites is 1. The number of benzene rings is 2. The number of hydrogen-bond donors (Lipinski definition) is 2. The van der Waals surface area contributed by atoms with Gasteiger partial charge in [-0.2, -0.15) is 0 Å². The molecule has 2 aromatic carbocycles. The van der Waals surface area contributed by atoms with Crippen molar-refractivity contribution in [2.45, 2.75) is 24.8 Å². The lowest BCUT2D eigenvalue weighted by atomic mass is 9.89. The van der Waals surface area contributed by atoms with Gasteiger partial charge in [0, 0.05) is 36.7 Å². The number of nitrogens with one attached hydrogen (secondary N) is 2. The van der Waals surface area contributed by atoms with Crippen molar-refractivity contribution < 1.29 is 9.53 Å². The molecule has 0 saturated carbocycles. The molecule has 3 aromatic rings. The highest BCUT2D eigenvalue weighted by atomic mass is 16.5. The fraction of sp³-hybridized carbons (Fsp3) is 0.400. The zero-order valence-electron chi connectivity index (χ0n) is 18.6. The molecule has 2 heterocycles. The Hall–Kier alpha value is -2.99. The van der Waals surface area contributed by atoms with E-state index in [2.05, 4.69) is 51.7 Å². The van der Waals surface area contributed by atoms with E-state index in [0.717, 1.165) is 37.2 Å². The first kappa shape index (κ1) is 21.2. The van der Waals surface area contributed by atoms with Crippen LogP contribution in [0.15, 0.2) is 54.7 Å². The third kappa shape index (κ3) is 4.69. The van der Waals surface area contributed by atoms with Gasteiger partial charge in [-0.25, -0.2) is 4.79 Å². The van der Waals surface area contributed by atoms with Crippen LogP contribution in [0.2, 0.25) is 0 Å². The summed E-state index contributed by atoms with van der Waals surface area (Å²) in [5.41, 5.74) is 3.69. The highest BCUT2D eigenvalue weighted by Crippen LogP contribution is 2.33. The Bertz CT molecular complexity index is 1020. The molecule has 2 amide bonds. The molecular formula is C25H32N4O2. The largest absolute Gasteiger partial charge is 0.497 e. The van der Waals surface area contributed by atoms with Crippen LogP contribution in [-0.2, 0) is 0 Å². The summed E-state index contributed by atoms with van der Waals surface area (Å²) in [5.74, 6) is 1.32. The Balaban J connectivity index is 1.34.